The van der Waals surface area contributed by atoms with E-state index in [9.17, 15) is 14.9 Å². The largest absolute Gasteiger partial charge is 0.353 e. The lowest BCUT2D eigenvalue weighted by atomic mass is 10.0. The van der Waals surface area contributed by atoms with E-state index in [4.69, 9.17) is 9.97 Å². The highest BCUT2D eigenvalue weighted by Crippen LogP contribution is 2.26. The van der Waals surface area contributed by atoms with E-state index in [1.165, 1.54) is 23.8 Å². The maximum Gasteiger partial charge on any atom is 0.269 e. The molecule has 0 unspecified atom stereocenters. The Bertz CT molecular complexity index is 1220. The zero-order valence-electron chi connectivity index (χ0n) is 20.1. The SMILES string of the molecule is CCc1nc(C)nc(N2CCN(C(=O)C=Cc3ccc([N+](=O)[O-])cc3)CC2)c1Cc1ccccc1. The van der Waals surface area contributed by atoms with Gasteiger partial charge in [0.1, 0.15) is 11.6 Å². The second kappa shape index (κ2) is 10.9. The van der Waals surface area contributed by atoms with E-state index in [1.54, 1.807) is 18.2 Å². The third-order valence-corrected chi connectivity index (χ3v) is 6.15. The second-order valence-corrected chi connectivity index (χ2v) is 8.53. The first-order valence-electron chi connectivity index (χ1n) is 11.8. The van der Waals surface area contributed by atoms with Crippen molar-refractivity contribution in [2.45, 2.75) is 26.7 Å². The molecule has 1 fully saturated rings. The number of aryl methyl sites for hydroxylation is 2. The number of carbonyl (C=O) groups is 1. The number of piperazine rings is 1. The average Bonchev–Trinajstić information content (AvgIpc) is 2.89. The fraction of sp³-hybridized carbons (Fsp3) is 0.296. The minimum atomic E-state index is -0.438. The maximum absolute atomic E-state index is 12.7. The van der Waals surface area contributed by atoms with E-state index in [0.717, 1.165) is 41.3 Å². The van der Waals surface area contributed by atoms with E-state index in [2.05, 4.69) is 24.0 Å². The quantitative estimate of drug-likeness (QED) is 0.291. The predicted molar refractivity (Wildman–Crippen MR) is 136 cm³/mol. The third kappa shape index (κ3) is 5.90. The summed E-state index contributed by atoms with van der Waals surface area (Å²) in [7, 11) is 0. The Morgan fingerprint density at radius 1 is 1.03 bits per heavy atom. The van der Waals surface area contributed by atoms with Gasteiger partial charge in [0.15, 0.2) is 0 Å². The number of nitro benzene ring substituents is 1. The number of anilines is 1. The number of non-ortho nitro benzene ring substituents is 1. The molecule has 1 saturated heterocycles. The molecule has 1 aliphatic heterocycles. The Kier molecular flexibility index (Phi) is 7.50. The summed E-state index contributed by atoms with van der Waals surface area (Å²) in [5.41, 5.74) is 4.23. The second-order valence-electron chi connectivity index (χ2n) is 8.53. The summed E-state index contributed by atoms with van der Waals surface area (Å²) in [4.78, 5) is 36.7. The molecule has 0 bridgehead atoms. The van der Waals surface area contributed by atoms with Crippen LogP contribution in [0.1, 0.15) is 35.1 Å². The zero-order valence-corrected chi connectivity index (χ0v) is 20.1. The lowest BCUT2D eigenvalue weighted by Crippen LogP contribution is -2.49. The standard InChI is InChI=1S/C27H29N5O3/c1-3-25-24(19-22-7-5-4-6-8-22)27(29-20(2)28-25)31-17-15-30(16-18-31)26(33)14-11-21-9-12-23(13-10-21)32(34)35/h4-14H,3,15-19H2,1-2H3. The lowest BCUT2D eigenvalue weighted by Gasteiger charge is -2.36. The first-order valence-corrected chi connectivity index (χ1v) is 11.8. The topological polar surface area (TPSA) is 92.5 Å². The molecule has 0 atom stereocenters. The summed E-state index contributed by atoms with van der Waals surface area (Å²) in [6.45, 7) is 6.63. The van der Waals surface area contributed by atoms with Gasteiger partial charge >= 0.3 is 0 Å². The number of aromatic nitrogens is 2. The van der Waals surface area contributed by atoms with Crippen LogP contribution in [0, 0.1) is 17.0 Å². The van der Waals surface area contributed by atoms with Gasteiger partial charge in [-0.3, -0.25) is 14.9 Å². The molecule has 0 aliphatic carbocycles. The van der Waals surface area contributed by atoms with Crippen LogP contribution in [-0.4, -0.2) is 51.9 Å². The molecule has 1 aromatic heterocycles. The van der Waals surface area contributed by atoms with E-state index in [1.807, 2.05) is 30.0 Å². The summed E-state index contributed by atoms with van der Waals surface area (Å²) in [5, 5.41) is 10.8. The molecule has 0 N–H and O–H groups in total. The maximum atomic E-state index is 12.7. The van der Waals surface area contributed by atoms with Crippen LogP contribution in [0.2, 0.25) is 0 Å². The van der Waals surface area contributed by atoms with Crippen molar-refractivity contribution in [2.75, 3.05) is 31.1 Å². The Labute approximate surface area is 205 Å². The molecule has 0 radical (unpaired) electrons. The van der Waals surface area contributed by atoms with Crippen molar-refractivity contribution in [1.82, 2.24) is 14.9 Å². The Hall–Kier alpha value is -4.07. The summed E-state index contributed by atoms with van der Waals surface area (Å²) >= 11 is 0. The number of amides is 1. The molecule has 3 aromatic rings. The van der Waals surface area contributed by atoms with Gasteiger partial charge < -0.3 is 9.80 Å². The van der Waals surface area contributed by atoms with Crippen molar-refractivity contribution in [1.29, 1.82) is 0 Å². The summed E-state index contributed by atoms with van der Waals surface area (Å²) < 4.78 is 0. The summed E-state index contributed by atoms with van der Waals surface area (Å²) in [5.74, 6) is 1.66. The van der Waals surface area contributed by atoms with Gasteiger partial charge in [0.05, 0.1) is 4.92 Å². The predicted octanol–water partition coefficient (Wildman–Crippen LogP) is 4.21. The minimum absolute atomic E-state index is 0.0300. The van der Waals surface area contributed by atoms with E-state index in [0.29, 0.717) is 26.2 Å². The third-order valence-electron chi connectivity index (χ3n) is 6.15. The fourth-order valence-electron chi connectivity index (χ4n) is 4.29. The molecule has 4 rings (SSSR count). The van der Waals surface area contributed by atoms with Crippen molar-refractivity contribution < 1.29 is 9.72 Å². The highest BCUT2D eigenvalue weighted by molar-refractivity contribution is 5.92. The van der Waals surface area contributed by atoms with Gasteiger partial charge in [-0.15, -0.1) is 0 Å². The molecule has 180 valence electrons. The molecule has 8 heteroatoms. The fourth-order valence-corrected chi connectivity index (χ4v) is 4.29. The Morgan fingerprint density at radius 3 is 2.34 bits per heavy atom. The van der Waals surface area contributed by atoms with Crippen LogP contribution in [0.25, 0.3) is 6.08 Å². The van der Waals surface area contributed by atoms with Crippen molar-refractivity contribution >= 4 is 23.5 Å². The van der Waals surface area contributed by atoms with Crippen molar-refractivity contribution in [3.05, 3.63) is 99.0 Å². The molecule has 0 saturated carbocycles. The van der Waals surface area contributed by atoms with Crippen molar-refractivity contribution in [3.63, 3.8) is 0 Å². The first-order chi connectivity index (χ1) is 16.9. The van der Waals surface area contributed by atoms with E-state index < -0.39 is 4.92 Å². The number of nitro groups is 1. The van der Waals surface area contributed by atoms with Gasteiger partial charge in [-0.05, 0) is 42.7 Å². The molecule has 0 spiro atoms. The number of carbonyl (C=O) groups excluding carboxylic acids is 1. The summed E-state index contributed by atoms with van der Waals surface area (Å²) in [6.07, 6.45) is 4.83. The molecule has 35 heavy (non-hydrogen) atoms. The molecule has 2 heterocycles. The molecular formula is C27H29N5O3. The molecular weight excluding hydrogens is 442 g/mol. The van der Waals surface area contributed by atoms with E-state index in [-0.39, 0.29) is 11.6 Å². The minimum Gasteiger partial charge on any atom is -0.353 e. The van der Waals surface area contributed by atoms with Gasteiger partial charge in [0.25, 0.3) is 5.69 Å². The monoisotopic (exact) mass is 471 g/mol. The molecule has 8 nitrogen and oxygen atoms in total. The van der Waals surface area contributed by atoms with Crippen LogP contribution in [0.4, 0.5) is 11.5 Å². The van der Waals surface area contributed by atoms with Gasteiger partial charge in [-0.2, -0.15) is 0 Å². The van der Waals surface area contributed by atoms with Gasteiger partial charge in [0.2, 0.25) is 5.91 Å². The van der Waals surface area contributed by atoms with Crippen LogP contribution < -0.4 is 4.90 Å². The number of hydrogen-bond donors (Lipinski definition) is 0. The first kappa shape index (κ1) is 24.1. The average molecular weight is 472 g/mol. The highest BCUT2D eigenvalue weighted by Gasteiger charge is 2.24. The lowest BCUT2D eigenvalue weighted by molar-refractivity contribution is -0.384. The number of nitrogens with zero attached hydrogens (tertiary/aromatic N) is 5. The van der Waals surface area contributed by atoms with Crippen LogP contribution in [-0.2, 0) is 17.6 Å². The highest BCUT2D eigenvalue weighted by atomic mass is 16.6. The van der Waals surface area contributed by atoms with Gasteiger partial charge in [-0.1, -0.05) is 37.3 Å². The van der Waals surface area contributed by atoms with Crippen LogP contribution >= 0.6 is 0 Å². The summed E-state index contributed by atoms with van der Waals surface area (Å²) in [6, 6.07) is 16.5. The van der Waals surface area contributed by atoms with E-state index >= 15 is 0 Å². The Balaban J connectivity index is 1.44. The van der Waals surface area contributed by atoms with Gasteiger partial charge in [-0.25, -0.2) is 9.97 Å². The van der Waals surface area contributed by atoms with Crippen molar-refractivity contribution in [2.24, 2.45) is 0 Å². The van der Waals surface area contributed by atoms with Gasteiger partial charge in [0, 0.05) is 62.1 Å². The smallest absolute Gasteiger partial charge is 0.269 e. The molecule has 1 amide bonds. The molecule has 1 aliphatic rings. The Morgan fingerprint density at radius 2 is 1.71 bits per heavy atom. The van der Waals surface area contributed by atoms with Crippen LogP contribution in [0.3, 0.4) is 0 Å². The normalized spacial score (nSPS) is 13.9. The molecule has 2 aromatic carbocycles. The van der Waals surface area contributed by atoms with Crippen LogP contribution in [0.15, 0.2) is 60.7 Å². The number of hydrogen-bond acceptors (Lipinski definition) is 6. The zero-order chi connectivity index (χ0) is 24.8. The number of benzene rings is 2. The van der Waals surface area contributed by atoms with Crippen LogP contribution in [0.5, 0.6) is 0 Å². The number of rotatable bonds is 7. The van der Waals surface area contributed by atoms with Crippen molar-refractivity contribution in [3.8, 4) is 0 Å².